The van der Waals surface area contributed by atoms with Gasteiger partial charge in [-0.05, 0) is 42.6 Å². The van der Waals surface area contributed by atoms with E-state index in [0.717, 1.165) is 38.8 Å². The zero-order chi connectivity index (χ0) is 17.2. The van der Waals surface area contributed by atoms with Gasteiger partial charge in [-0.1, -0.05) is 6.07 Å². The van der Waals surface area contributed by atoms with Gasteiger partial charge in [0.05, 0.1) is 12.6 Å². The summed E-state index contributed by atoms with van der Waals surface area (Å²) >= 11 is 0. The third kappa shape index (κ3) is 3.54. The molecule has 6 heteroatoms. The standard InChI is InChI=1S/C19H21FN4O/c20-16-3-4-17(22-10-16)8-19(25)24-12-15-5-7-23(18(15)13-24)11-14-2-1-6-21-9-14/h1-4,6,9-10,15,18H,5,7-8,11-13H2/t15-,18+/m0/s1. The fourth-order valence-electron chi connectivity index (χ4n) is 3.95. The first-order chi connectivity index (χ1) is 12.2. The van der Waals surface area contributed by atoms with Crippen LogP contribution in [0.5, 0.6) is 0 Å². The molecule has 0 aliphatic carbocycles. The molecule has 0 spiro atoms. The second kappa shape index (κ2) is 6.88. The van der Waals surface area contributed by atoms with Crippen molar-refractivity contribution in [1.29, 1.82) is 0 Å². The maximum atomic E-state index is 12.9. The van der Waals surface area contributed by atoms with Crippen LogP contribution in [-0.4, -0.2) is 51.4 Å². The fraction of sp³-hybridized carbons (Fsp3) is 0.421. The number of carbonyl (C=O) groups excluding carboxylic acids is 1. The molecule has 2 saturated heterocycles. The van der Waals surface area contributed by atoms with Crippen LogP contribution >= 0.6 is 0 Å². The van der Waals surface area contributed by atoms with Gasteiger partial charge in [0, 0.05) is 43.8 Å². The van der Waals surface area contributed by atoms with E-state index >= 15 is 0 Å². The summed E-state index contributed by atoms with van der Waals surface area (Å²) in [7, 11) is 0. The first-order valence-corrected chi connectivity index (χ1v) is 8.70. The van der Waals surface area contributed by atoms with Crippen LogP contribution in [0.2, 0.25) is 0 Å². The number of hydrogen-bond donors (Lipinski definition) is 0. The molecule has 25 heavy (non-hydrogen) atoms. The second-order valence-electron chi connectivity index (χ2n) is 6.89. The highest BCUT2D eigenvalue weighted by atomic mass is 19.1. The largest absolute Gasteiger partial charge is 0.340 e. The summed E-state index contributed by atoms with van der Waals surface area (Å²) in [5.41, 5.74) is 1.83. The maximum absolute atomic E-state index is 12.9. The lowest BCUT2D eigenvalue weighted by Crippen LogP contribution is -2.37. The highest BCUT2D eigenvalue weighted by Gasteiger charge is 2.42. The Labute approximate surface area is 146 Å². The van der Waals surface area contributed by atoms with Crippen molar-refractivity contribution in [3.8, 4) is 0 Å². The Morgan fingerprint density at radius 3 is 2.92 bits per heavy atom. The molecule has 0 radical (unpaired) electrons. The molecule has 0 bridgehead atoms. The molecule has 2 aliphatic heterocycles. The van der Waals surface area contributed by atoms with Crippen molar-refractivity contribution in [1.82, 2.24) is 19.8 Å². The van der Waals surface area contributed by atoms with Crippen molar-refractivity contribution >= 4 is 5.91 Å². The van der Waals surface area contributed by atoms with Crippen LogP contribution in [0.3, 0.4) is 0 Å². The van der Waals surface area contributed by atoms with Crippen molar-refractivity contribution < 1.29 is 9.18 Å². The Morgan fingerprint density at radius 1 is 1.24 bits per heavy atom. The fourth-order valence-corrected chi connectivity index (χ4v) is 3.95. The molecule has 130 valence electrons. The van der Waals surface area contributed by atoms with Gasteiger partial charge in [-0.15, -0.1) is 0 Å². The lowest BCUT2D eigenvalue weighted by atomic mass is 10.1. The second-order valence-corrected chi connectivity index (χ2v) is 6.89. The smallest absolute Gasteiger partial charge is 0.228 e. The van der Waals surface area contributed by atoms with Crippen LogP contribution in [0.1, 0.15) is 17.7 Å². The minimum atomic E-state index is -0.377. The molecule has 4 heterocycles. The number of likely N-dealkylation sites (tertiary alicyclic amines) is 2. The zero-order valence-electron chi connectivity index (χ0n) is 14.0. The summed E-state index contributed by atoms with van der Waals surface area (Å²) < 4.78 is 12.9. The van der Waals surface area contributed by atoms with Gasteiger partial charge in [-0.2, -0.15) is 0 Å². The number of nitrogens with zero attached hydrogens (tertiary/aromatic N) is 4. The summed E-state index contributed by atoms with van der Waals surface area (Å²) in [4.78, 5) is 25.1. The molecule has 0 aromatic carbocycles. The third-order valence-electron chi connectivity index (χ3n) is 5.24. The SMILES string of the molecule is O=C(Cc1ccc(F)cn1)N1C[C@@H]2CCN(Cc3cccnc3)[C@@H]2C1. The van der Waals surface area contributed by atoms with Crippen LogP contribution in [0.25, 0.3) is 0 Å². The number of hydrogen-bond acceptors (Lipinski definition) is 4. The van der Waals surface area contributed by atoms with Crippen molar-refractivity contribution in [2.24, 2.45) is 5.92 Å². The first kappa shape index (κ1) is 16.1. The lowest BCUT2D eigenvalue weighted by molar-refractivity contribution is -0.129. The average Bonchev–Trinajstić information content (AvgIpc) is 3.20. The first-order valence-electron chi connectivity index (χ1n) is 8.70. The molecule has 4 rings (SSSR count). The predicted octanol–water partition coefficient (Wildman–Crippen LogP) is 1.89. The van der Waals surface area contributed by atoms with Crippen LogP contribution in [-0.2, 0) is 17.8 Å². The molecule has 5 nitrogen and oxygen atoms in total. The summed E-state index contributed by atoms with van der Waals surface area (Å²) in [6.07, 6.45) is 6.23. The van der Waals surface area contributed by atoms with Crippen LogP contribution < -0.4 is 0 Å². The molecular formula is C19H21FN4O. The lowest BCUT2D eigenvalue weighted by Gasteiger charge is -2.24. The van der Waals surface area contributed by atoms with E-state index in [1.165, 1.54) is 11.6 Å². The molecule has 2 aromatic rings. The van der Waals surface area contributed by atoms with E-state index in [-0.39, 0.29) is 18.1 Å². The van der Waals surface area contributed by atoms with E-state index in [1.54, 1.807) is 12.3 Å². The van der Waals surface area contributed by atoms with E-state index in [0.29, 0.717) is 17.7 Å². The minimum Gasteiger partial charge on any atom is -0.340 e. The van der Waals surface area contributed by atoms with Gasteiger partial charge in [-0.25, -0.2) is 4.39 Å². The number of fused-ring (bicyclic) bond motifs is 1. The van der Waals surface area contributed by atoms with E-state index < -0.39 is 0 Å². The summed E-state index contributed by atoms with van der Waals surface area (Å²) in [5.74, 6) is 0.245. The van der Waals surface area contributed by atoms with Crippen molar-refractivity contribution in [3.05, 3.63) is 59.9 Å². The van der Waals surface area contributed by atoms with Gasteiger partial charge in [0.25, 0.3) is 0 Å². The third-order valence-corrected chi connectivity index (χ3v) is 5.24. The molecule has 2 aromatic heterocycles. The van der Waals surface area contributed by atoms with Gasteiger partial charge in [0.1, 0.15) is 5.82 Å². The van der Waals surface area contributed by atoms with Gasteiger partial charge in [0.15, 0.2) is 0 Å². The van der Waals surface area contributed by atoms with E-state index in [1.807, 2.05) is 17.2 Å². The Bertz CT molecular complexity index is 737. The topological polar surface area (TPSA) is 49.3 Å². The number of aromatic nitrogens is 2. The monoisotopic (exact) mass is 340 g/mol. The molecular weight excluding hydrogens is 319 g/mol. The number of halogens is 1. The van der Waals surface area contributed by atoms with E-state index in [2.05, 4.69) is 20.9 Å². The number of pyridine rings is 2. The van der Waals surface area contributed by atoms with Crippen molar-refractivity contribution in [2.75, 3.05) is 19.6 Å². The van der Waals surface area contributed by atoms with Gasteiger partial charge in [-0.3, -0.25) is 19.7 Å². The molecule has 2 aliphatic rings. The molecule has 0 unspecified atom stereocenters. The summed E-state index contributed by atoms with van der Waals surface area (Å²) in [5, 5.41) is 0. The molecule has 1 amide bonds. The number of amides is 1. The Balaban J connectivity index is 1.37. The Hall–Kier alpha value is -2.34. The Morgan fingerprint density at radius 2 is 2.16 bits per heavy atom. The summed E-state index contributed by atoms with van der Waals surface area (Å²) in [6, 6.07) is 7.41. The normalized spacial score (nSPS) is 23.0. The number of rotatable bonds is 4. The quantitative estimate of drug-likeness (QED) is 0.853. The molecule has 0 saturated carbocycles. The molecule has 2 atom stereocenters. The van der Waals surface area contributed by atoms with Crippen molar-refractivity contribution in [2.45, 2.75) is 25.4 Å². The van der Waals surface area contributed by atoms with Gasteiger partial charge >= 0.3 is 0 Å². The number of carbonyl (C=O) groups is 1. The van der Waals surface area contributed by atoms with Gasteiger partial charge < -0.3 is 4.90 Å². The maximum Gasteiger partial charge on any atom is 0.228 e. The highest BCUT2D eigenvalue weighted by Crippen LogP contribution is 2.32. The Kier molecular flexibility index (Phi) is 4.44. The zero-order valence-corrected chi connectivity index (χ0v) is 14.0. The van der Waals surface area contributed by atoms with Crippen molar-refractivity contribution in [3.63, 3.8) is 0 Å². The minimum absolute atomic E-state index is 0.0786. The highest BCUT2D eigenvalue weighted by molar-refractivity contribution is 5.78. The van der Waals surface area contributed by atoms with E-state index in [9.17, 15) is 9.18 Å². The van der Waals surface area contributed by atoms with Crippen LogP contribution in [0.4, 0.5) is 4.39 Å². The molecule has 2 fully saturated rings. The van der Waals surface area contributed by atoms with Crippen LogP contribution in [0, 0.1) is 11.7 Å². The van der Waals surface area contributed by atoms with Crippen LogP contribution in [0.15, 0.2) is 42.9 Å². The predicted molar refractivity (Wildman–Crippen MR) is 91.0 cm³/mol. The summed E-state index contributed by atoms with van der Waals surface area (Å²) in [6.45, 7) is 3.54. The average molecular weight is 340 g/mol. The van der Waals surface area contributed by atoms with E-state index in [4.69, 9.17) is 0 Å². The molecule has 0 N–H and O–H groups in total. The van der Waals surface area contributed by atoms with Gasteiger partial charge in [0.2, 0.25) is 5.91 Å².